The molecule has 11 nitrogen and oxygen atoms in total. The van der Waals surface area contributed by atoms with Crippen molar-refractivity contribution >= 4 is 28.9 Å². The Kier molecular flexibility index (Phi) is 6.32. The molecule has 11 heteroatoms. The van der Waals surface area contributed by atoms with E-state index in [-0.39, 0.29) is 29.7 Å². The van der Waals surface area contributed by atoms with E-state index in [1.807, 2.05) is 19.0 Å². The number of rotatable bonds is 5. The molecule has 0 bridgehead atoms. The summed E-state index contributed by atoms with van der Waals surface area (Å²) in [5.74, 6) is -5.88. The Morgan fingerprint density at radius 3 is 2.33 bits per heavy atom. The number of carbonyl (C=O) groups excluding carboxylic acids is 3. The van der Waals surface area contributed by atoms with Gasteiger partial charge in [0.2, 0.25) is 5.78 Å². The number of carbonyl (C=O) groups is 3. The minimum Gasteiger partial charge on any atom is -0.508 e. The predicted octanol–water partition coefficient (Wildman–Crippen LogP) is 0.482. The summed E-state index contributed by atoms with van der Waals surface area (Å²) in [6.45, 7) is 4.69. The van der Waals surface area contributed by atoms with Crippen LogP contribution >= 0.6 is 0 Å². The van der Waals surface area contributed by atoms with Gasteiger partial charge in [-0.25, -0.2) is 0 Å². The molecule has 1 saturated heterocycles. The zero-order valence-electron chi connectivity index (χ0n) is 22.9. The number of hydrogen-bond donors (Lipinski definition) is 5. The van der Waals surface area contributed by atoms with Gasteiger partial charge in [-0.3, -0.25) is 24.2 Å². The van der Waals surface area contributed by atoms with E-state index < -0.39 is 58.0 Å². The Morgan fingerprint density at radius 1 is 1.15 bits per heavy atom. The average Bonchev–Trinajstić information content (AvgIpc) is 2.79. The van der Waals surface area contributed by atoms with Crippen LogP contribution in [0.4, 0.5) is 5.69 Å². The highest BCUT2D eigenvalue weighted by Gasteiger charge is 2.64. The first-order valence-corrected chi connectivity index (χ1v) is 13.1. The van der Waals surface area contributed by atoms with Crippen molar-refractivity contribution in [2.75, 3.05) is 46.2 Å². The fourth-order valence-electron chi connectivity index (χ4n) is 7.24. The van der Waals surface area contributed by atoms with Crippen molar-refractivity contribution < 1.29 is 34.8 Å². The molecule has 3 aliphatic carbocycles. The van der Waals surface area contributed by atoms with Crippen LogP contribution in [0.15, 0.2) is 23.0 Å². The van der Waals surface area contributed by atoms with Gasteiger partial charge in [-0.15, -0.1) is 0 Å². The fourth-order valence-corrected chi connectivity index (χ4v) is 7.24. The molecule has 2 fully saturated rings. The number of aromatic hydroxyl groups is 1. The standard InChI is InChI=1S/C28H36N4O7/c1-12-9-32(10-12)11-14-8-17(33)19-15(21(14)30(2)3)6-13-7-16-22(31(4)5)24(35)20(27(29)38)26(37)28(16,39)25(36)18(13)23(19)34/h8,12-13,16,22,33-34,37,39H,6-7,9-11H2,1-5H3,(H2,29,38)/t13-,16-,22-,28-/m0/s1. The van der Waals surface area contributed by atoms with Gasteiger partial charge in [0.25, 0.3) is 5.91 Å². The second kappa shape index (κ2) is 9.07. The Hall–Kier alpha value is -3.41. The lowest BCUT2D eigenvalue weighted by Crippen LogP contribution is -2.65. The Labute approximate surface area is 226 Å². The van der Waals surface area contributed by atoms with Gasteiger partial charge in [-0.05, 0) is 56.0 Å². The van der Waals surface area contributed by atoms with Gasteiger partial charge in [-0.2, -0.15) is 0 Å². The van der Waals surface area contributed by atoms with Crippen LogP contribution in [0.1, 0.15) is 30.0 Å². The number of Topliss-reactive ketones (excluding diaryl/α,β-unsaturated/α-hetero) is 2. The minimum atomic E-state index is -2.64. The highest BCUT2D eigenvalue weighted by atomic mass is 16.3. The van der Waals surface area contributed by atoms with E-state index in [1.54, 1.807) is 20.2 Å². The lowest BCUT2D eigenvalue weighted by atomic mass is 9.57. The number of phenolic OH excluding ortho intramolecular Hbond substituents is 1. The van der Waals surface area contributed by atoms with Crippen molar-refractivity contribution in [2.45, 2.75) is 38.0 Å². The predicted molar refractivity (Wildman–Crippen MR) is 143 cm³/mol. The molecule has 1 aromatic rings. The van der Waals surface area contributed by atoms with Crippen LogP contribution in [0.3, 0.4) is 0 Å². The number of primary amides is 1. The van der Waals surface area contributed by atoms with Crippen molar-refractivity contribution in [1.29, 1.82) is 0 Å². The molecule has 4 atom stereocenters. The van der Waals surface area contributed by atoms with Gasteiger partial charge in [0.15, 0.2) is 11.4 Å². The molecular weight excluding hydrogens is 504 g/mol. The minimum absolute atomic E-state index is 0.0628. The topological polar surface area (TPSA) is 168 Å². The quantitative estimate of drug-likeness (QED) is 0.331. The third kappa shape index (κ3) is 3.78. The number of nitrogens with two attached hydrogens (primary N) is 1. The summed E-state index contributed by atoms with van der Waals surface area (Å²) in [5.41, 5.74) is 4.28. The first kappa shape index (κ1) is 27.2. The molecule has 1 saturated carbocycles. The molecule has 1 aromatic carbocycles. The molecule has 39 heavy (non-hydrogen) atoms. The van der Waals surface area contributed by atoms with Crippen LogP contribution in [0.25, 0.3) is 5.76 Å². The molecule has 1 aliphatic heterocycles. The monoisotopic (exact) mass is 540 g/mol. The number of likely N-dealkylation sites (N-methyl/N-ethyl adjacent to an activating group) is 1. The number of anilines is 1. The lowest BCUT2D eigenvalue weighted by Gasteiger charge is -2.50. The van der Waals surface area contributed by atoms with Crippen LogP contribution in [-0.4, -0.2) is 101 Å². The van der Waals surface area contributed by atoms with Gasteiger partial charge in [0.05, 0.1) is 11.6 Å². The van der Waals surface area contributed by atoms with Crippen LogP contribution < -0.4 is 10.6 Å². The van der Waals surface area contributed by atoms with Gasteiger partial charge < -0.3 is 31.1 Å². The number of amides is 1. The van der Waals surface area contributed by atoms with Crippen molar-refractivity contribution in [1.82, 2.24) is 9.80 Å². The third-order valence-electron chi connectivity index (χ3n) is 8.75. The van der Waals surface area contributed by atoms with E-state index in [9.17, 15) is 34.8 Å². The van der Waals surface area contributed by atoms with Crippen molar-refractivity contribution in [2.24, 2.45) is 23.5 Å². The van der Waals surface area contributed by atoms with Crippen LogP contribution in [0.5, 0.6) is 5.75 Å². The highest BCUT2D eigenvalue weighted by molar-refractivity contribution is 6.24. The molecule has 6 N–H and O–H groups in total. The molecule has 1 amide bonds. The van der Waals surface area contributed by atoms with Gasteiger partial charge in [-0.1, -0.05) is 6.92 Å². The first-order chi connectivity index (χ1) is 18.2. The summed E-state index contributed by atoms with van der Waals surface area (Å²) < 4.78 is 0. The molecule has 0 aromatic heterocycles. The Bertz CT molecular complexity index is 1360. The number of fused-ring (bicyclic) bond motifs is 3. The van der Waals surface area contributed by atoms with E-state index in [0.717, 1.165) is 24.3 Å². The largest absolute Gasteiger partial charge is 0.508 e. The second-order valence-electron chi connectivity index (χ2n) is 11.9. The fraction of sp³-hybridized carbons (Fsp3) is 0.536. The third-order valence-corrected chi connectivity index (χ3v) is 8.75. The lowest BCUT2D eigenvalue weighted by molar-refractivity contribution is -0.153. The number of phenols is 1. The van der Waals surface area contributed by atoms with Crippen molar-refractivity contribution in [3.63, 3.8) is 0 Å². The maximum Gasteiger partial charge on any atom is 0.255 e. The number of aliphatic hydroxyl groups is 3. The van der Waals surface area contributed by atoms with E-state index >= 15 is 0 Å². The van der Waals surface area contributed by atoms with E-state index in [0.29, 0.717) is 18.0 Å². The maximum absolute atomic E-state index is 14.0. The number of hydrogen-bond acceptors (Lipinski definition) is 10. The summed E-state index contributed by atoms with van der Waals surface area (Å²) in [7, 11) is 6.93. The number of aliphatic hydroxyl groups excluding tert-OH is 2. The summed E-state index contributed by atoms with van der Waals surface area (Å²) in [6.07, 6.45) is 0.327. The zero-order chi connectivity index (χ0) is 28.7. The van der Waals surface area contributed by atoms with E-state index in [4.69, 9.17) is 5.73 Å². The zero-order valence-corrected chi connectivity index (χ0v) is 22.9. The normalized spacial score (nSPS) is 29.3. The Balaban J connectivity index is 1.69. The molecular formula is C28H36N4O7. The maximum atomic E-state index is 14.0. The van der Waals surface area contributed by atoms with E-state index in [1.165, 1.54) is 4.90 Å². The molecule has 1 heterocycles. The Morgan fingerprint density at radius 2 is 1.79 bits per heavy atom. The average molecular weight is 541 g/mol. The first-order valence-electron chi connectivity index (χ1n) is 13.1. The highest BCUT2D eigenvalue weighted by Crippen LogP contribution is 2.54. The summed E-state index contributed by atoms with van der Waals surface area (Å²) in [5, 5.41) is 45.2. The van der Waals surface area contributed by atoms with Crippen LogP contribution in [-0.2, 0) is 27.3 Å². The number of benzene rings is 1. The summed E-state index contributed by atoms with van der Waals surface area (Å²) in [6, 6.07) is 0.493. The van der Waals surface area contributed by atoms with Crippen molar-refractivity contribution in [3.05, 3.63) is 39.7 Å². The van der Waals surface area contributed by atoms with Gasteiger partial charge >= 0.3 is 0 Å². The molecule has 4 aliphatic rings. The van der Waals surface area contributed by atoms with Gasteiger partial charge in [0.1, 0.15) is 22.8 Å². The summed E-state index contributed by atoms with van der Waals surface area (Å²) >= 11 is 0. The van der Waals surface area contributed by atoms with Gasteiger partial charge in [0, 0.05) is 50.9 Å². The molecule has 0 spiro atoms. The second-order valence-corrected chi connectivity index (χ2v) is 11.9. The van der Waals surface area contributed by atoms with E-state index in [2.05, 4.69) is 11.8 Å². The summed E-state index contributed by atoms with van der Waals surface area (Å²) in [4.78, 5) is 45.0. The molecule has 0 unspecified atom stereocenters. The number of ketones is 2. The van der Waals surface area contributed by atoms with Crippen molar-refractivity contribution in [3.8, 4) is 5.75 Å². The van der Waals surface area contributed by atoms with Crippen LogP contribution in [0.2, 0.25) is 0 Å². The molecule has 5 rings (SSSR count). The SMILES string of the molecule is CC1CN(Cc2cc(O)c3c(c2N(C)C)C[C@H]2C[C@H]4[C@H](N(C)C)C(=O)C(C(N)=O)=C(O)[C@@]4(O)C(=O)C2=C3O)C1. The molecule has 0 radical (unpaired) electrons. The smallest absolute Gasteiger partial charge is 0.255 e. The molecule has 210 valence electrons. The number of nitrogens with zero attached hydrogens (tertiary/aromatic N) is 3. The number of likely N-dealkylation sites (tertiary alicyclic amines) is 1. The van der Waals surface area contributed by atoms with Crippen LogP contribution in [0, 0.1) is 17.8 Å².